The SMILES string of the molecule is Cn1cc(NC(=O)CCNc2ccccc2[N+](=O)[O-])ccc1=O. The predicted molar refractivity (Wildman–Crippen MR) is 86.5 cm³/mol. The highest BCUT2D eigenvalue weighted by atomic mass is 16.6. The van der Waals surface area contributed by atoms with E-state index in [2.05, 4.69) is 10.6 Å². The van der Waals surface area contributed by atoms with Gasteiger partial charge < -0.3 is 15.2 Å². The Morgan fingerprint density at radius 3 is 2.70 bits per heavy atom. The number of pyridine rings is 1. The van der Waals surface area contributed by atoms with Gasteiger partial charge in [-0.2, -0.15) is 0 Å². The molecule has 0 bridgehead atoms. The Hall–Kier alpha value is -3.16. The van der Waals surface area contributed by atoms with Crippen molar-refractivity contribution >= 4 is 23.0 Å². The van der Waals surface area contributed by atoms with Gasteiger partial charge >= 0.3 is 0 Å². The number of rotatable bonds is 6. The van der Waals surface area contributed by atoms with E-state index in [1.807, 2.05) is 0 Å². The van der Waals surface area contributed by atoms with Crippen LogP contribution in [-0.4, -0.2) is 21.9 Å². The Kier molecular flexibility index (Phi) is 5.08. The zero-order chi connectivity index (χ0) is 16.8. The summed E-state index contributed by atoms with van der Waals surface area (Å²) in [7, 11) is 1.59. The molecule has 0 aliphatic rings. The summed E-state index contributed by atoms with van der Waals surface area (Å²) in [4.78, 5) is 33.5. The molecule has 0 aliphatic carbocycles. The van der Waals surface area contributed by atoms with Gasteiger partial charge in [-0.3, -0.25) is 19.7 Å². The molecule has 1 amide bonds. The number of nitrogens with zero attached hydrogens (tertiary/aromatic N) is 2. The zero-order valence-corrected chi connectivity index (χ0v) is 12.5. The fourth-order valence-electron chi connectivity index (χ4n) is 1.98. The van der Waals surface area contributed by atoms with Crippen molar-refractivity contribution in [1.82, 2.24) is 4.57 Å². The van der Waals surface area contributed by atoms with E-state index in [0.717, 1.165) is 0 Å². The van der Waals surface area contributed by atoms with Crippen LogP contribution >= 0.6 is 0 Å². The third-order valence-electron chi connectivity index (χ3n) is 3.14. The summed E-state index contributed by atoms with van der Waals surface area (Å²) in [5, 5.41) is 16.4. The Bertz CT molecular complexity index is 785. The van der Waals surface area contributed by atoms with Gasteiger partial charge in [0.2, 0.25) is 11.5 Å². The number of nitrogens with one attached hydrogen (secondary N) is 2. The molecule has 1 heterocycles. The monoisotopic (exact) mass is 316 g/mol. The van der Waals surface area contributed by atoms with Gasteiger partial charge in [0.15, 0.2) is 0 Å². The van der Waals surface area contributed by atoms with Crippen LogP contribution in [0.3, 0.4) is 0 Å². The van der Waals surface area contributed by atoms with Crippen molar-refractivity contribution in [2.24, 2.45) is 7.05 Å². The first kappa shape index (κ1) is 16.2. The average Bonchev–Trinajstić information content (AvgIpc) is 2.51. The van der Waals surface area contributed by atoms with Crippen molar-refractivity contribution in [2.75, 3.05) is 17.2 Å². The summed E-state index contributed by atoms with van der Waals surface area (Å²) in [6.07, 6.45) is 1.66. The fraction of sp³-hybridized carbons (Fsp3) is 0.200. The molecule has 0 aliphatic heterocycles. The normalized spacial score (nSPS) is 10.1. The average molecular weight is 316 g/mol. The number of para-hydroxylation sites is 2. The Morgan fingerprint density at radius 1 is 1.26 bits per heavy atom. The first-order valence-electron chi connectivity index (χ1n) is 6.91. The van der Waals surface area contributed by atoms with Crippen LogP contribution in [0, 0.1) is 10.1 Å². The molecule has 23 heavy (non-hydrogen) atoms. The quantitative estimate of drug-likeness (QED) is 0.623. The lowest BCUT2D eigenvalue weighted by Crippen LogP contribution is -2.19. The minimum absolute atomic E-state index is 0.0361. The molecule has 2 N–H and O–H groups in total. The van der Waals surface area contributed by atoms with E-state index < -0.39 is 4.92 Å². The van der Waals surface area contributed by atoms with Crippen LogP contribution in [0.5, 0.6) is 0 Å². The van der Waals surface area contributed by atoms with E-state index in [1.54, 1.807) is 25.2 Å². The van der Waals surface area contributed by atoms with Crippen molar-refractivity contribution in [1.29, 1.82) is 0 Å². The minimum Gasteiger partial charge on any atom is -0.379 e. The molecule has 0 spiro atoms. The van der Waals surface area contributed by atoms with E-state index in [-0.39, 0.29) is 30.1 Å². The third-order valence-corrected chi connectivity index (χ3v) is 3.14. The molecule has 0 fully saturated rings. The Labute approximate surface area is 131 Å². The molecule has 0 radical (unpaired) electrons. The lowest BCUT2D eigenvalue weighted by Gasteiger charge is -2.08. The molecular formula is C15H16N4O4. The number of benzene rings is 1. The molecule has 0 saturated heterocycles. The molecule has 2 rings (SSSR count). The van der Waals surface area contributed by atoms with Crippen molar-refractivity contribution < 1.29 is 9.72 Å². The first-order valence-corrected chi connectivity index (χ1v) is 6.91. The Morgan fingerprint density at radius 2 is 2.00 bits per heavy atom. The maximum atomic E-state index is 11.8. The summed E-state index contributed by atoms with van der Waals surface area (Å²) in [6.45, 7) is 0.252. The van der Waals surface area contributed by atoms with Gasteiger partial charge in [0.1, 0.15) is 5.69 Å². The topological polar surface area (TPSA) is 106 Å². The number of anilines is 2. The fourth-order valence-corrected chi connectivity index (χ4v) is 1.98. The number of carbonyl (C=O) groups is 1. The van der Waals surface area contributed by atoms with Crippen LogP contribution in [0.2, 0.25) is 0 Å². The smallest absolute Gasteiger partial charge is 0.292 e. The van der Waals surface area contributed by atoms with E-state index in [1.165, 1.54) is 29.0 Å². The van der Waals surface area contributed by atoms with Crippen LogP contribution in [0.1, 0.15) is 6.42 Å². The second kappa shape index (κ2) is 7.21. The summed E-state index contributed by atoms with van der Waals surface area (Å²) in [5.74, 6) is -0.255. The highest BCUT2D eigenvalue weighted by Crippen LogP contribution is 2.22. The Balaban J connectivity index is 1.89. The molecule has 8 nitrogen and oxygen atoms in total. The van der Waals surface area contributed by atoms with Gasteiger partial charge in [-0.15, -0.1) is 0 Å². The highest BCUT2D eigenvalue weighted by Gasteiger charge is 2.12. The van der Waals surface area contributed by atoms with Crippen molar-refractivity contribution in [2.45, 2.75) is 6.42 Å². The second-order valence-electron chi connectivity index (χ2n) is 4.87. The largest absolute Gasteiger partial charge is 0.379 e. The molecule has 0 atom stereocenters. The van der Waals surface area contributed by atoms with Crippen LogP contribution in [0.15, 0.2) is 47.4 Å². The van der Waals surface area contributed by atoms with E-state index in [4.69, 9.17) is 0 Å². The summed E-state index contributed by atoms with van der Waals surface area (Å²) in [5.41, 5.74) is 0.683. The number of nitro benzene ring substituents is 1. The van der Waals surface area contributed by atoms with Gasteiger partial charge in [-0.05, 0) is 12.1 Å². The van der Waals surface area contributed by atoms with Crippen molar-refractivity contribution in [3.63, 3.8) is 0 Å². The van der Waals surface area contributed by atoms with Crippen molar-refractivity contribution in [3.05, 3.63) is 63.1 Å². The number of hydrogen-bond acceptors (Lipinski definition) is 5. The molecule has 8 heteroatoms. The first-order chi connectivity index (χ1) is 11.0. The van der Waals surface area contributed by atoms with Gasteiger partial charge in [0.05, 0.1) is 10.6 Å². The molecule has 0 saturated carbocycles. The molecule has 0 unspecified atom stereocenters. The molecule has 1 aromatic carbocycles. The van der Waals surface area contributed by atoms with Crippen molar-refractivity contribution in [3.8, 4) is 0 Å². The second-order valence-corrected chi connectivity index (χ2v) is 4.87. The summed E-state index contributed by atoms with van der Waals surface area (Å²) < 4.78 is 1.36. The maximum absolute atomic E-state index is 11.8. The van der Waals surface area contributed by atoms with E-state index >= 15 is 0 Å². The number of carbonyl (C=O) groups excluding carboxylic acids is 1. The number of amides is 1. The highest BCUT2D eigenvalue weighted by molar-refractivity contribution is 5.90. The third kappa shape index (κ3) is 4.40. The number of aryl methyl sites for hydroxylation is 1. The van der Waals surface area contributed by atoms with Crippen LogP contribution in [0.4, 0.5) is 17.1 Å². The summed E-state index contributed by atoms with van der Waals surface area (Å²) in [6, 6.07) is 9.13. The van der Waals surface area contributed by atoms with Gasteiger partial charge in [-0.25, -0.2) is 0 Å². The maximum Gasteiger partial charge on any atom is 0.292 e. The minimum atomic E-state index is -0.479. The van der Waals surface area contributed by atoms with E-state index in [0.29, 0.717) is 11.4 Å². The molecule has 1 aromatic heterocycles. The van der Waals surface area contributed by atoms with Crippen LogP contribution < -0.4 is 16.2 Å². The predicted octanol–water partition coefficient (Wildman–Crippen LogP) is 1.73. The molecule has 120 valence electrons. The van der Waals surface area contributed by atoms with E-state index in [9.17, 15) is 19.7 Å². The lowest BCUT2D eigenvalue weighted by atomic mass is 10.2. The van der Waals surface area contributed by atoms with Gasteiger partial charge in [0, 0.05) is 38.3 Å². The number of hydrogen-bond donors (Lipinski definition) is 2. The number of aromatic nitrogens is 1. The van der Waals surface area contributed by atoms with Gasteiger partial charge in [-0.1, -0.05) is 12.1 Å². The molecule has 2 aromatic rings. The lowest BCUT2D eigenvalue weighted by molar-refractivity contribution is -0.384. The standard InChI is InChI=1S/C15H16N4O4/c1-18-10-11(6-7-15(18)21)17-14(20)8-9-16-12-4-2-3-5-13(12)19(22)23/h2-7,10,16H,8-9H2,1H3,(H,17,20). The van der Waals surface area contributed by atoms with Crippen LogP contribution in [-0.2, 0) is 11.8 Å². The molecular weight excluding hydrogens is 300 g/mol. The van der Waals surface area contributed by atoms with Gasteiger partial charge in [0.25, 0.3) is 5.69 Å². The zero-order valence-electron chi connectivity index (χ0n) is 12.5. The van der Waals surface area contributed by atoms with Crippen LogP contribution in [0.25, 0.3) is 0 Å². The summed E-state index contributed by atoms with van der Waals surface area (Å²) >= 11 is 0. The number of nitro groups is 1.